The van der Waals surface area contributed by atoms with Gasteiger partial charge in [0.2, 0.25) is 5.95 Å². The highest BCUT2D eigenvalue weighted by Gasteiger charge is 2.17. The Morgan fingerprint density at radius 2 is 1.90 bits per heavy atom. The van der Waals surface area contributed by atoms with Gasteiger partial charge in [-0.2, -0.15) is 4.98 Å². The number of halogens is 1. The lowest BCUT2D eigenvalue weighted by molar-refractivity contribution is 0.181. The van der Waals surface area contributed by atoms with Gasteiger partial charge in [-0.1, -0.05) is 12.8 Å². The van der Waals surface area contributed by atoms with Crippen molar-refractivity contribution < 1.29 is 4.74 Å². The van der Waals surface area contributed by atoms with Crippen molar-refractivity contribution in [1.82, 2.24) is 9.97 Å². The van der Waals surface area contributed by atoms with Crippen molar-refractivity contribution in [2.75, 3.05) is 37.0 Å². The Morgan fingerprint density at radius 1 is 1.20 bits per heavy atom. The SMILES string of the molecule is CCNc1nc(N2CCCCCC2)nc(COC)c1Br. The zero-order chi connectivity index (χ0) is 14.4. The molecule has 0 aliphatic carbocycles. The molecule has 0 radical (unpaired) electrons. The first-order valence-corrected chi connectivity index (χ1v) is 8.09. The average Bonchev–Trinajstić information content (AvgIpc) is 2.72. The number of hydrogen-bond donors (Lipinski definition) is 1. The second-order valence-corrected chi connectivity index (χ2v) is 5.79. The van der Waals surface area contributed by atoms with Crippen molar-refractivity contribution in [2.45, 2.75) is 39.2 Å². The average molecular weight is 343 g/mol. The third-order valence-electron chi connectivity index (χ3n) is 3.42. The van der Waals surface area contributed by atoms with E-state index in [4.69, 9.17) is 4.74 Å². The van der Waals surface area contributed by atoms with Gasteiger partial charge in [0.15, 0.2) is 0 Å². The number of nitrogens with zero attached hydrogens (tertiary/aromatic N) is 3. The minimum atomic E-state index is 0.488. The first-order chi connectivity index (χ1) is 9.76. The van der Waals surface area contributed by atoms with Gasteiger partial charge < -0.3 is 15.0 Å². The Kier molecular flexibility index (Phi) is 6.04. The van der Waals surface area contributed by atoms with Crippen LogP contribution < -0.4 is 10.2 Å². The summed E-state index contributed by atoms with van der Waals surface area (Å²) in [6.07, 6.45) is 5.04. The summed E-state index contributed by atoms with van der Waals surface area (Å²) in [6.45, 7) is 5.47. The van der Waals surface area contributed by atoms with E-state index in [1.54, 1.807) is 7.11 Å². The number of hydrogen-bond acceptors (Lipinski definition) is 5. The standard InChI is InChI=1S/C14H23BrN4O/c1-3-16-13-12(15)11(10-20-2)17-14(18-13)19-8-6-4-5-7-9-19/h3-10H2,1-2H3,(H,16,17,18). The lowest BCUT2D eigenvalue weighted by Crippen LogP contribution is -2.27. The fraction of sp³-hybridized carbons (Fsp3) is 0.714. The van der Waals surface area contributed by atoms with E-state index in [0.29, 0.717) is 6.61 Å². The Hall–Kier alpha value is -0.880. The van der Waals surface area contributed by atoms with E-state index in [1.165, 1.54) is 25.7 Å². The van der Waals surface area contributed by atoms with Gasteiger partial charge in [-0.25, -0.2) is 4.98 Å². The molecule has 1 fully saturated rings. The number of methoxy groups -OCH3 is 1. The lowest BCUT2D eigenvalue weighted by atomic mass is 10.2. The first-order valence-electron chi connectivity index (χ1n) is 7.30. The third-order valence-corrected chi connectivity index (χ3v) is 4.26. The second kappa shape index (κ2) is 7.78. The molecule has 0 saturated carbocycles. The van der Waals surface area contributed by atoms with Gasteiger partial charge in [-0.15, -0.1) is 0 Å². The first kappa shape index (κ1) is 15.5. The minimum Gasteiger partial charge on any atom is -0.378 e. The second-order valence-electron chi connectivity index (χ2n) is 5.00. The van der Waals surface area contributed by atoms with Gasteiger partial charge in [0.05, 0.1) is 16.8 Å². The third kappa shape index (κ3) is 3.82. The topological polar surface area (TPSA) is 50.3 Å². The highest BCUT2D eigenvalue weighted by Crippen LogP contribution is 2.27. The van der Waals surface area contributed by atoms with Crippen molar-refractivity contribution in [3.05, 3.63) is 10.2 Å². The molecule has 1 aliphatic heterocycles. The molecule has 2 rings (SSSR count). The summed E-state index contributed by atoms with van der Waals surface area (Å²) in [7, 11) is 1.69. The van der Waals surface area contributed by atoms with E-state index in [-0.39, 0.29) is 0 Å². The van der Waals surface area contributed by atoms with E-state index in [0.717, 1.165) is 41.6 Å². The Balaban J connectivity index is 2.30. The molecule has 0 atom stereocenters. The van der Waals surface area contributed by atoms with Crippen LogP contribution in [0.5, 0.6) is 0 Å². The molecule has 0 spiro atoms. The predicted molar refractivity (Wildman–Crippen MR) is 85.3 cm³/mol. The zero-order valence-electron chi connectivity index (χ0n) is 12.3. The number of anilines is 2. The molecular weight excluding hydrogens is 320 g/mol. The quantitative estimate of drug-likeness (QED) is 0.890. The molecule has 5 nitrogen and oxygen atoms in total. The fourth-order valence-electron chi connectivity index (χ4n) is 2.41. The van der Waals surface area contributed by atoms with Crippen LogP contribution in [0, 0.1) is 0 Å². The molecular formula is C14H23BrN4O. The maximum atomic E-state index is 5.24. The maximum absolute atomic E-state index is 5.24. The number of nitrogens with one attached hydrogen (secondary N) is 1. The van der Waals surface area contributed by atoms with E-state index in [2.05, 4.69) is 43.0 Å². The molecule has 1 N–H and O–H groups in total. The molecule has 2 heterocycles. The molecule has 1 aliphatic rings. The molecule has 0 unspecified atom stereocenters. The van der Waals surface area contributed by atoms with Gasteiger partial charge >= 0.3 is 0 Å². The molecule has 0 amide bonds. The molecule has 6 heteroatoms. The molecule has 0 bridgehead atoms. The van der Waals surface area contributed by atoms with Crippen molar-refractivity contribution in [1.29, 1.82) is 0 Å². The van der Waals surface area contributed by atoms with Crippen molar-refractivity contribution in [3.8, 4) is 0 Å². The van der Waals surface area contributed by atoms with Crippen LogP contribution in [0.2, 0.25) is 0 Å². The van der Waals surface area contributed by atoms with E-state index in [9.17, 15) is 0 Å². The van der Waals surface area contributed by atoms with Gasteiger partial charge in [0, 0.05) is 26.7 Å². The Bertz CT molecular complexity index is 406. The zero-order valence-corrected chi connectivity index (χ0v) is 13.9. The highest BCUT2D eigenvalue weighted by atomic mass is 79.9. The predicted octanol–water partition coefficient (Wildman–Crippen LogP) is 3.20. The van der Waals surface area contributed by atoms with Crippen molar-refractivity contribution >= 4 is 27.7 Å². The van der Waals surface area contributed by atoms with Crippen LogP contribution in [0.3, 0.4) is 0 Å². The van der Waals surface area contributed by atoms with Gasteiger partial charge in [-0.05, 0) is 35.7 Å². The van der Waals surface area contributed by atoms with Crippen LogP contribution >= 0.6 is 15.9 Å². The summed E-state index contributed by atoms with van der Waals surface area (Å²) in [5, 5.41) is 3.29. The lowest BCUT2D eigenvalue weighted by Gasteiger charge is -2.22. The Labute approximate surface area is 129 Å². The van der Waals surface area contributed by atoms with Crippen LogP contribution in [0.15, 0.2) is 4.47 Å². The summed E-state index contributed by atoms with van der Waals surface area (Å²) in [4.78, 5) is 11.6. The molecule has 112 valence electrons. The van der Waals surface area contributed by atoms with Crippen molar-refractivity contribution in [2.24, 2.45) is 0 Å². The van der Waals surface area contributed by atoms with Crippen LogP contribution in [0.25, 0.3) is 0 Å². The molecule has 1 aromatic heterocycles. The van der Waals surface area contributed by atoms with Crippen molar-refractivity contribution in [3.63, 3.8) is 0 Å². The molecule has 1 aromatic rings. The Morgan fingerprint density at radius 3 is 2.50 bits per heavy atom. The van der Waals surface area contributed by atoms with E-state index >= 15 is 0 Å². The van der Waals surface area contributed by atoms with Crippen LogP contribution in [-0.2, 0) is 11.3 Å². The summed E-state index contributed by atoms with van der Waals surface area (Å²) >= 11 is 3.57. The van der Waals surface area contributed by atoms with Gasteiger partial charge in [0.1, 0.15) is 5.82 Å². The highest BCUT2D eigenvalue weighted by molar-refractivity contribution is 9.10. The van der Waals surface area contributed by atoms with Crippen LogP contribution in [-0.4, -0.2) is 36.7 Å². The smallest absolute Gasteiger partial charge is 0.227 e. The number of rotatable bonds is 5. The van der Waals surface area contributed by atoms with E-state index < -0.39 is 0 Å². The normalized spacial score (nSPS) is 16.1. The molecule has 1 saturated heterocycles. The largest absolute Gasteiger partial charge is 0.378 e. The summed E-state index contributed by atoms with van der Waals surface area (Å²) < 4.78 is 6.14. The monoisotopic (exact) mass is 342 g/mol. The van der Waals surface area contributed by atoms with E-state index in [1.807, 2.05) is 0 Å². The number of aromatic nitrogens is 2. The van der Waals surface area contributed by atoms with Crippen LogP contribution in [0.4, 0.5) is 11.8 Å². The molecule has 0 aromatic carbocycles. The van der Waals surface area contributed by atoms with Crippen LogP contribution in [0.1, 0.15) is 38.3 Å². The fourth-order valence-corrected chi connectivity index (χ4v) is 2.84. The summed E-state index contributed by atoms with van der Waals surface area (Å²) in [6, 6.07) is 0. The molecule has 20 heavy (non-hydrogen) atoms. The maximum Gasteiger partial charge on any atom is 0.227 e. The minimum absolute atomic E-state index is 0.488. The summed E-state index contributed by atoms with van der Waals surface area (Å²) in [5.41, 5.74) is 0.901. The van der Waals surface area contributed by atoms with Gasteiger partial charge in [0.25, 0.3) is 0 Å². The number of ether oxygens (including phenoxy) is 1. The van der Waals surface area contributed by atoms with Gasteiger partial charge in [-0.3, -0.25) is 0 Å². The summed E-state index contributed by atoms with van der Waals surface area (Å²) in [5.74, 6) is 1.67.